The highest BCUT2D eigenvalue weighted by molar-refractivity contribution is 5.73. The SMILES string of the molecule is CCN(C)C(=O)N(C)CC1(O)CCNC1. The van der Waals surface area contributed by atoms with Crippen LogP contribution < -0.4 is 5.32 Å². The van der Waals surface area contributed by atoms with E-state index >= 15 is 0 Å². The van der Waals surface area contributed by atoms with E-state index in [1.165, 1.54) is 0 Å². The molecule has 0 aromatic rings. The third kappa shape index (κ3) is 3.07. The summed E-state index contributed by atoms with van der Waals surface area (Å²) in [6.45, 7) is 4.39. The van der Waals surface area contributed by atoms with Crippen LogP contribution in [0.2, 0.25) is 0 Å². The number of nitrogens with one attached hydrogen (secondary N) is 1. The summed E-state index contributed by atoms with van der Waals surface area (Å²) in [4.78, 5) is 14.9. The van der Waals surface area contributed by atoms with E-state index in [1.54, 1.807) is 23.9 Å². The van der Waals surface area contributed by atoms with Crippen LogP contribution in [-0.4, -0.2) is 66.8 Å². The Morgan fingerprint density at radius 3 is 2.60 bits per heavy atom. The van der Waals surface area contributed by atoms with Gasteiger partial charge in [-0.1, -0.05) is 0 Å². The van der Waals surface area contributed by atoms with Gasteiger partial charge in [0.25, 0.3) is 0 Å². The molecule has 0 radical (unpaired) electrons. The highest BCUT2D eigenvalue weighted by atomic mass is 16.3. The second-order valence-corrected chi connectivity index (χ2v) is 4.30. The number of hydrogen-bond donors (Lipinski definition) is 2. The van der Waals surface area contributed by atoms with E-state index in [9.17, 15) is 9.90 Å². The number of carbonyl (C=O) groups is 1. The van der Waals surface area contributed by atoms with Crippen molar-refractivity contribution >= 4 is 6.03 Å². The van der Waals surface area contributed by atoms with Gasteiger partial charge in [0.2, 0.25) is 0 Å². The zero-order valence-electron chi connectivity index (χ0n) is 9.79. The van der Waals surface area contributed by atoms with Crippen LogP contribution in [0.15, 0.2) is 0 Å². The lowest BCUT2D eigenvalue weighted by molar-refractivity contribution is 0.0331. The van der Waals surface area contributed by atoms with Crippen molar-refractivity contribution in [1.82, 2.24) is 15.1 Å². The van der Waals surface area contributed by atoms with Gasteiger partial charge in [0.1, 0.15) is 0 Å². The van der Waals surface area contributed by atoms with Crippen LogP contribution in [0.1, 0.15) is 13.3 Å². The fourth-order valence-electron chi connectivity index (χ4n) is 1.80. The highest BCUT2D eigenvalue weighted by Crippen LogP contribution is 2.15. The van der Waals surface area contributed by atoms with Gasteiger partial charge in [0, 0.05) is 27.2 Å². The Balaban J connectivity index is 2.47. The molecule has 0 bridgehead atoms. The molecule has 5 nitrogen and oxygen atoms in total. The zero-order chi connectivity index (χ0) is 11.5. The van der Waals surface area contributed by atoms with Crippen LogP contribution in [0.3, 0.4) is 0 Å². The van der Waals surface area contributed by atoms with Gasteiger partial charge in [-0.15, -0.1) is 0 Å². The Bertz CT molecular complexity index is 227. The molecule has 0 aliphatic carbocycles. The summed E-state index contributed by atoms with van der Waals surface area (Å²) in [6.07, 6.45) is 0.709. The Hall–Kier alpha value is -0.810. The first-order valence-electron chi connectivity index (χ1n) is 5.38. The predicted molar refractivity (Wildman–Crippen MR) is 58.8 cm³/mol. The molecule has 88 valence electrons. The minimum absolute atomic E-state index is 0.0437. The zero-order valence-corrected chi connectivity index (χ0v) is 9.79. The first kappa shape index (κ1) is 12.3. The van der Waals surface area contributed by atoms with E-state index in [4.69, 9.17) is 0 Å². The number of nitrogens with zero attached hydrogens (tertiary/aromatic N) is 2. The van der Waals surface area contributed by atoms with Crippen molar-refractivity contribution in [2.45, 2.75) is 18.9 Å². The van der Waals surface area contributed by atoms with E-state index < -0.39 is 5.60 Å². The molecule has 0 saturated carbocycles. The largest absolute Gasteiger partial charge is 0.387 e. The van der Waals surface area contributed by atoms with Gasteiger partial charge in [0.05, 0.1) is 12.1 Å². The minimum Gasteiger partial charge on any atom is -0.387 e. The fraction of sp³-hybridized carbons (Fsp3) is 0.900. The molecule has 1 saturated heterocycles. The summed E-state index contributed by atoms with van der Waals surface area (Å²) in [7, 11) is 3.49. The Morgan fingerprint density at radius 2 is 2.13 bits per heavy atom. The van der Waals surface area contributed by atoms with Crippen LogP contribution in [0.25, 0.3) is 0 Å². The second-order valence-electron chi connectivity index (χ2n) is 4.30. The number of carbonyl (C=O) groups excluding carboxylic acids is 1. The number of aliphatic hydroxyl groups is 1. The molecular weight excluding hydrogens is 194 g/mol. The molecule has 0 spiro atoms. The van der Waals surface area contributed by atoms with E-state index in [0.717, 1.165) is 6.54 Å². The molecule has 1 aliphatic rings. The van der Waals surface area contributed by atoms with Gasteiger partial charge in [-0.25, -0.2) is 4.79 Å². The van der Waals surface area contributed by atoms with Crippen LogP contribution in [0.5, 0.6) is 0 Å². The number of amides is 2. The molecule has 0 aromatic heterocycles. The van der Waals surface area contributed by atoms with E-state index in [2.05, 4.69) is 5.32 Å². The maximum atomic E-state index is 11.7. The van der Waals surface area contributed by atoms with Crippen LogP contribution in [0, 0.1) is 0 Å². The summed E-state index contributed by atoms with van der Waals surface area (Å²) in [5.41, 5.74) is -0.751. The molecule has 2 N–H and O–H groups in total. The van der Waals surface area contributed by atoms with Crippen molar-refractivity contribution < 1.29 is 9.90 Å². The number of likely N-dealkylation sites (N-methyl/N-ethyl adjacent to an activating group) is 1. The van der Waals surface area contributed by atoms with Gasteiger partial charge in [-0.2, -0.15) is 0 Å². The van der Waals surface area contributed by atoms with E-state index in [1.807, 2.05) is 6.92 Å². The highest BCUT2D eigenvalue weighted by Gasteiger charge is 2.33. The van der Waals surface area contributed by atoms with Crippen molar-refractivity contribution in [2.24, 2.45) is 0 Å². The van der Waals surface area contributed by atoms with E-state index in [-0.39, 0.29) is 6.03 Å². The molecule has 1 rings (SSSR count). The average molecular weight is 215 g/mol. The Labute approximate surface area is 91.0 Å². The summed E-state index contributed by atoms with van der Waals surface area (Å²) in [5.74, 6) is 0. The Kier molecular flexibility index (Phi) is 3.93. The van der Waals surface area contributed by atoms with Gasteiger partial charge < -0.3 is 20.2 Å². The van der Waals surface area contributed by atoms with Crippen molar-refractivity contribution in [3.05, 3.63) is 0 Å². The molecule has 0 aromatic carbocycles. The smallest absolute Gasteiger partial charge is 0.319 e. The van der Waals surface area contributed by atoms with Crippen molar-refractivity contribution in [3.8, 4) is 0 Å². The van der Waals surface area contributed by atoms with Crippen LogP contribution in [-0.2, 0) is 0 Å². The first-order valence-corrected chi connectivity index (χ1v) is 5.38. The molecule has 1 aliphatic heterocycles. The summed E-state index contributed by atoms with van der Waals surface area (Å²) in [5, 5.41) is 13.2. The first-order chi connectivity index (χ1) is 6.98. The normalized spacial score (nSPS) is 25.3. The number of β-amino-alcohol motifs (C(OH)–C–C–N with tert-alkyl or cyclic N) is 1. The number of rotatable bonds is 3. The van der Waals surface area contributed by atoms with Crippen molar-refractivity contribution in [1.29, 1.82) is 0 Å². The molecule has 1 unspecified atom stereocenters. The lowest BCUT2D eigenvalue weighted by atomic mass is 10.0. The van der Waals surface area contributed by atoms with Crippen molar-refractivity contribution in [3.63, 3.8) is 0 Å². The molecule has 5 heteroatoms. The topological polar surface area (TPSA) is 55.8 Å². The van der Waals surface area contributed by atoms with Crippen LogP contribution >= 0.6 is 0 Å². The summed E-state index contributed by atoms with van der Waals surface area (Å²) in [6, 6.07) is -0.0437. The number of urea groups is 1. The van der Waals surface area contributed by atoms with Crippen LogP contribution in [0.4, 0.5) is 4.79 Å². The maximum Gasteiger partial charge on any atom is 0.319 e. The fourth-order valence-corrected chi connectivity index (χ4v) is 1.80. The molecular formula is C10H21N3O2. The van der Waals surface area contributed by atoms with Gasteiger partial charge in [0.15, 0.2) is 0 Å². The summed E-state index contributed by atoms with van der Waals surface area (Å²) >= 11 is 0. The van der Waals surface area contributed by atoms with Crippen molar-refractivity contribution in [2.75, 3.05) is 40.3 Å². The second kappa shape index (κ2) is 4.81. The van der Waals surface area contributed by atoms with E-state index in [0.29, 0.717) is 26.1 Å². The lowest BCUT2D eigenvalue weighted by Crippen LogP contribution is -2.48. The minimum atomic E-state index is -0.751. The van der Waals surface area contributed by atoms with Gasteiger partial charge >= 0.3 is 6.03 Å². The lowest BCUT2D eigenvalue weighted by Gasteiger charge is -2.30. The average Bonchev–Trinajstić information content (AvgIpc) is 2.62. The number of hydrogen-bond acceptors (Lipinski definition) is 3. The standard InChI is InChI=1S/C10H21N3O2/c1-4-12(2)9(14)13(3)8-10(15)5-6-11-7-10/h11,15H,4-8H2,1-3H3. The third-order valence-corrected chi connectivity index (χ3v) is 2.88. The molecule has 2 amide bonds. The maximum absolute atomic E-state index is 11.7. The predicted octanol–water partition coefficient (Wildman–Crippen LogP) is -0.286. The molecule has 1 atom stereocenters. The molecule has 1 fully saturated rings. The molecule has 1 heterocycles. The molecule has 15 heavy (non-hydrogen) atoms. The van der Waals surface area contributed by atoms with Gasteiger partial charge in [-0.05, 0) is 19.9 Å². The van der Waals surface area contributed by atoms with Gasteiger partial charge in [-0.3, -0.25) is 0 Å². The summed E-state index contributed by atoms with van der Waals surface area (Å²) < 4.78 is 0. The Morgan fingerprint density at radius 1 is 1.47 bits per heavy atom. The monoisotopic (exact) mass is 215 g/mol. The quantitative estimate of drug-likeness (QED) is 0.680. The third-order valence-electron chi connectivity index (χ3n) is 2.88.